The number of benzene rings is 1. The maximum atomic E-state index is 13.3. The van der Waals surface area contributed by atoms with E-state index in [2.05, 4.69) is 10.4 Å². The molecule has 0 atom stereocenters. The van der Waals surface area contributed by atoms with Crippen molar-refractivity contribution < 1.29 is 9.18 Å². The largest absolute Gasteiger partial charge is 0.321 e. The molecule has 1 N–H and O–H groups in total. The first-order valence-electron chi connectivity index (χ1n) is 7.23. The summed E-state index contributed by atoms with van der Waals surface area (Å²) in [6.45, 7) is 0. The van der Waals surface area contributed by atoms with Crippen LogP contribution >= 0.6 is 0 Å². The molecule has 2 aromatic rings. The summed E-state index contributed by atoms with van der Waals surface area (Å²) < 4.78 is 15.1. The number of amides is 1. The fourth-order valence-corrected chi connectivity index (χ4v) is 2.72. The molecule has 1 aliphatic rings. The van der Waals surface area contributed by atoms with Gasteiger partial charge in [-0.1, -0.05) is 12.8 Å². The summed E-state index contributed by atoms with van der Waals surface area (Å²) in [6.07, 6.45) is 6.38. The maximum absolute atomic E-state index is 13.3. The van der Waals surface area contributed by atoms with Crippen molar-refractivity contribution in [2.75, 3.05) is 5.32 Å². The Balaban J connectivity index is 1.73. The summed E-state index contributed by atoms with van der Waals surface area (Å²) in [7, 11) is 0. The van der Waals surface area contributed by atoms with Crippen LogP contribution in [0.4, 0.5) is 10.1 Å². The second-order valence-corrected chi connectivity index (χ2v) is 5.38. The lowest BCUT2D eigenvalue weighted by molar-refractivity contribution is 0.102. The fraction of sp³-hybridized carbons (Fsp3) is 0.312. The lowest BCUT2D eigenvalue weighted by Gasteiger charge is -2.09. The Labute approximate surface area is 127 Å². The van der Waals surface area contributed by atoms with Gasteiger partial charge < -0.3 is 5.32 Å². The predicted molar refractivity (Wildman–Crippen MR) is 78.8 cm³/mol. The van der Waals surface area contributed by atoms with Gasteiger partial charge in [0.25, 0.3) is 5.91 Å². The molecule has 0 saturated heterocycles. The van der Waals surface area contributed by atoms with Gasteiger partial charge in [0.2, 0.25) is 0 Å². The molecule has 1 aliphatic carbocycles. The zero-order chi connectivity index (χ0) is 15.5. The van der Waals surface area contributed by atoms with Crippen molar-refractivity contribution in [1.29, 1.82) is 5.26 Å². The minimum absolute atomic E-state index is 0.103. The average molecular weight is 298 g/mol. The van der Waals surface area contributed by atoms with Crippen molar-refractivity contribution in [2.24, 2.45) is 0 Å². The molecule has 1 fully saturated rings. The number of hydrogen-bond donors (Lipinski definition) is 1. The number of nitrogens with one attached hydrogen (secondary N) is 1. The molecule has 5 nitrogen and oxygen atoms in total. The number of rotatable bonds is 3. The molecule has 0 spiro atoms. The van der Waals surface area contributed by atoms with Crippen molar-refractivity contribution in [2.45, 2.75) is 31.7 Å². The Hall–Kier alpha value is -2.68. The highest BCUT2D eigenvalue weighted by Gasteiger charge is 2.19. The van der Waals surface area contributed by atoms with Crippen LogP contribution in [0.1, 0.15) is 47.8 Å². The van der Waals surface area contributed by atoms with E-state index in [4.69, 9.17) is 5.26 Å². The summed E-state index contributed by atoms with van der Waals surface area (Å²) in [5, 5.41) is 15.7. The Morgan fingerprint density at radius 3 is 2.86 bits per heavy atom. The molecule has 0 radical (unpaired) electrons. The molecule has 6 heteroatoms. The third-order valence-corrected chi connectivity index (χ3v) is 3.88. The van der Waals surface area contributed by atoms with Crippen LogP contribution < -0.4 is 5.32 Å². The normalized spacial score (nSPS) is 14.7. The topological polar surface area (TPSA) is 70.7 Å². The van der Waals surface area contributed by atoms with Gasteiger partial charge in [-0.25, -0.2) is 4.39 Å². The number of aromatic nitrogens is 2. The highest BCUT2D eigenvalue weighted by molar-refractivity contribution is 6.02. The van der Waals surface area contributed by atoms with Crippen molar-refractivity contribution in [3.05, 3.63) is 47.5 Å². The van der Waals surface area contributed by atoms with Crippen molar-refractivity contribution in [3.8, 4) is 6.07 Å². The van der Waals surface area contributed by atoms with E-state index < -0.39 is 5.82 Å². The SMILES string of the molecule is N#Cc1cc(NC(=O)c2ccn(C3CCCC3)n2)ccc1F. The molecule has 0 bridgehead atoms. The minimum Gasteiger partial charge on any atom is -0.321 e. The van der Waals surface area contributed by atoms with Crippen LogP contribution in [0.5, 0.6) is 0 Å². The van der Waals surface area contributed by atoms with Crippen LogP contribution in [0.15, 0.2) is 30.5 Å². The van der Waals surface area contributed by atoms with Crippen LogP contribution in [0.3, 0.4) is 0 Å². The number of hydrogen-bond acceptors (Lipinski definition) is 3. The predicted octanol–water partition coefficient (Wildman–Crippen LogP) is 3.26. The molecule has 3 rings (SSSR count). The quantitative estimate of drug-likeness (QED) is 0.945. The van der Waals surface area contributed by atoms with Crippen LogP contribution in [0.25, 0.3) is 0 Å². The van der Waals surface area contributed by atoms with Crippen LogP contribution in [-0.2, 0) is 0 Å². The number of carbonyl (C=O) groups is 1. The van der Waals surface area contributed by atoms with Gasteiger partial charge in [-0.2, -0.15) is 10.4 Å². The number of nitriles is 1. The second-order valence-electron chi connectivity index (χ2n) is 5.38. The molecule has 1 saturated carbocycles. The highest BCUT2D eigenvalue weighted by Crippen LogP contribution is 2.28. The van der Waals surface area contributed by atoms with Crippen LogP contribution in [-0.4, -0.2) is 15.7 Å². The minimum atomic E-state index is -0.606. The van der Waals surface area contributed by atoms with E-state index in [0.717, 1.165) is 18.9 Å². The number of halogens is 1. The van der Waals surface area contributed by atoms with E-state index in [1.807, 2.05) is 10.9 Å². The van der Waals surface area contributed by atoms with Crippen molar-refractivity contribution in [1.82, 2.24) is 9.78 Å². The van der Waals surface area contributed by atoms with Gasteiger partial charge in [0.05, 0.1) is 11.6 Å². The fourth-order valence-electron chi connectivity index (χ4n) is 2.72. The van der Waals surface area contributed by atoms with Gasteiger partial charge >= 0.3 is 0 Å². The number of carbonyl (C=O) groups excluding carboxylic acids is 1. The molecular formula is C16H15FN4O. The van der Waals surface area contributed by atoms with E-state index in [1.54, 1.807) is 12.1 Å². The molecule has 112 valence electrons. The molecule has 1 aromatic heterocycles. The van der Waals surface area contributed by atoms with Gasteiger partial charge in [0.1, 0.15) is 11.9 Å². The maximum Gasteiger partial charge on any atom is 0.276 e. The number of nitrogens with zero attached hydrogens (tertiary/aromatic N) is 3. The Kier molecular flexibility index (Phi) is 3.88. The summed E-state index contributed by atoms with van der Waals surface area (Å²) in [5.41, 5.74) is 0.586. The Bertz CT molecular complexity index is 741. The molecule has 0 aliphatic heterocycles. The first-order valence-corrected chi connectivity index (χ1v) is 7.23. The van der Waals surface area contributed by atoms with Gasteiger partial charge in [0, 0.05) is 11.9 Å². The monoisotopic (exact) mass is 298 g/mol. The standard InChI is InChI=1S/C16H15FN4O/c17-14-6-5-12(9-11(14)10-18)19-16(22)15-7-8-21(20-15)13-3-1-2-4-13/h5-9,13H,1-4H2,(H,19,22). The van der Waals surface area contributed by atoms with Gasteiger partial charge in [-0.15, -0.1) is 0 Å². The van der Waals surface area contributed by atoms with Crippen molar-refractivity contribution >= 4 is 11.6 Å². The van der Waals surface area contributed by atoms with E-state index >= 15 is 0 Å². The first-order chi connectivity index (χ1) is 10.7. The molecular weight excluding hydrogens is 283 g/mol. The molecule has 1 aromatic carbocycles. The number of anilines is 1. The van der Waals surface area contributed by atoms with Gasteiger partial charge in [-0.3, -0.25) is 9.48 Å². The molecule has 1 amide bonds. The van der Waals surface area contributed by atoms with E-state index in [1.165, 1.54) is 25.0 Å². The summed E-state index contributed by atoms with van der Waals surface area (Å²) in [5.74, 6) is -0.974. The van der Waals surface area contributed by atoms with E-state index in [9.17, 15) is 9.18 Å². The Morgan fingerprint density at radius 2 is 2.14 bits per heavy atom. The second kappa shape index (κ2) is 5.98. The van der Waals surface area contributed by atoms with Gasteiger partial charge in [0.15, 0.2) is 5.69 Å². The molecule has 0 unspecified atom stereocenters. The zero-order valence-electron chi connectivity index (χ0n) is 11.9. The average Bonchev–Trinajstić information content (AvgIpc) is 3.19. The summed E-state index contributed by atoms with van der Waals surface area (Å²) in [4.78, 5) is 12.2. The first kappa shape index (κ1) is 14.3. The molecule has 22 heavy (non-hydrogen) atoms. The van der Waals surface area contributed by atoms with Crippen molar-refractivity contribution in [3.63, 3.8) is 0 Å². The van der Waals surface area contributed by atoms with E-state index in [0.29, 0.717) is 17.4 Å². The van der Waals surface area contributed by atoms with Crippen LogP contribution in [0.2, 0.25) is 0 Å². The Morgan fingerprint density at radius 1 is 1.36 bits per heavy atom. The van der Waals surface area contributed by atoms with Crippen LogP contribution in [0, 0.1) is 17.1 Å². The lowest BCUT2D eigenvalue weighted by Crippen LogP contribution is -2.14. The third kappa shape index (κ3) is 2.84. The zero-order valence-corrected chi connectivity index (χ0v) is 11.9. The molecule has 1 heterocycles. The smallest absolute Gasteiger partial charge is 0.276 e. The van der Waals surface area contributed by atoms with Gasteiger partial charge in [-0.05, 0) is 37.1 Å². The summed E-state index contributed by atoms with van der Waals surface area (Å²) >= 11 is 0. The highest BCUT2D eigenvalue weighted by atomic mass is 19.1. The lowest BCUT2D eigenvalue weighted by atomic mass is 10.2. The van der Waals surface area contributed by atoms with E-state index in [-0.39, 0.29) is 11.5 Å². The third-order valence-electron chi connectivity index (χ3n) is 3.88. The summed E-state index contributed by atoms with van der Waals surface area (Å²) in [6, 6.07) is 7.67.